The van der Waals surface area contributed by atoms with Gasteiger partial charge in [-0.1, -0.05) is 0 Å². The van der Waals surface area contributed by atoms with Gasteiger partial charge >= 0.3 is 0 Å². The summed E-state index contributed by atoms with van der Waals surface area (Å²) in [6.45, 7) is 2.72. The third-order valence-electron chi connectivity index (χ3n) is 4.93. The number of carbonyl (C=O) groups is 1. The van der Waals surface area contributed by atoms with Gasteiger partial charge in [-0.05, 0) is 24.6 Å². The van der Waals surface area contributed by atoms with Gasteiger partial charge in [0.25, 0.3) is 5.91 Å². The molecule has 3 aliphatic heterocycles. The molecule has 3 aliphatic rings. The van der Waals surface area contributed by atoms with Gasteiger partial charge in [-0.3, -0.25) is 4.79 Å². The number of hydrogen-bond donors (Lipinski definition) is 0. The first kappa shape index (κ1) is 14.8. The zero-order valence-corrected chi connectivity index (χ0v) is 13.7. The highest BCUT2D eigenvalue weighted by Gasteiger charge is 2.30. The van der Waals surface area contributed by atoms with Gasteiger partial charge in [0, 0.05) is 25.1 Å². The van der Waals surface area contributed by atoms with E-state index in [4.69, 9.17) is 18.6 Å². The van der Waals surface area contributed by atoms with Crippen LogP contribution in [0.5, 0.6) is 11.5 Å². The minimum atomic E-state index is -0.0299. The fraction of sp³-hybridized carbons (Fsp3) is 0.444. The second-order valence-corrected chi connectivity index (χ2v) is 6.53. The van der Waals surface area contributed by atoms with Crippen LogP contribution in [0.2, 0.25) is 0 Å². The maximum absolute atomic E-state index is 12.8. The molecule has 7 nitrogen and oxygen atoms in total. The molecule has 1 saturated heterocycles. The molecule has 2 aromatic rings. The van der Waals surface area contributed by atoms with Crippen molar-refractivity contribution in [3.05, 3.63) is 41.1 Å². The highest BCUT2D eigenvalue weighted by Crippen LogP contribution is 2.33. The second kappa shape index (κ2) is 5.77. The van der Waals surface area contributed by atoms with E-state index in [9.17, 15) is 4.79 Å². The number of fused-ring (bicyclic) bond motifs is 2. The molecular weight excluding hydrogens is 324 g/mol. The molecule has 0 spiro atoms. The zero-order valence-electron chi connectivity index (χ0n) is 13.7. The summed E-state index contributed by atoms with van der Waals surface area (Å²) in [5.74, 6) is 3.16. The predicted molar refractivity (Wildman–Crippen MR) is 85.7 cm³/mol. The number of carbonyl (C=O) groups excluding carboxylic acids is 1. The van der Waals surface area contributed by atoms with Crippen LogP contribution in [0, 0.1) is 0 Å². The van der Waals surface area contributed by atoms with E-state index in [0.717, 1.165) is 30.4 Å². The van der Waals surface area contributed by atoms with Crippen LogP contribution in [-0.2, 0) is 17.7 Å². The molecule has 0 aliphatic carbocycles. The molecule has 5 rings (SSSR count). The molecule has 1 amide bonds. The Morgan fingerprint density at radius 3 is 3.04 bits per heavy atom. The maximum Gasteiger partial charge on any atom is 0.254 e. The van der Waals surface area contributed by atoms with Crippen molar-refractivity contribution in [2.75, 3.05) is 26.6 Å². The summed E-state index contributed by atoms with van der Waals surface area (Å²) in [5, 5.41) is 0. The number of oxazole rings is 1. The van der Waals surface area contributed by atoms with Crippen LogP contribution in [0.3, 0.4) is 0 Å². The predicted octanol–water partition coefficient (Wildman–Crippen LogP) is 2.11. The lowest BCUT2D eigenvalue weighted by atomic mass is 10.1. The second-order valence-electron chi connectivity index (χ2n) is 6.53. The Labute approximate surface area is 144 Å². The first-order valence-electron chi connectivity index (χ1n) is 8.53. The molecule has 25 heavy (non-hydrogen) atoms. The maximum atomic E-state index is 12.8. The molecule has 4 heterocycles. The van der Waals surface area contributed by atoms with E-state index >= 15 is 0 Å². The van der Waals surface area contributed by atoms with Crippen LogP contribution in [0.4, 0.5) is 0 Å². The number of hydrogen-bond acceptors (Lipinski definition) is 6. The molecule has 130 valence electrons. The van der Waals surface area contributed by atoms with Crippen LogP contribution in [0.1, 0.15) is 40.0 Å². The lowest BCUT2D eigenvalue weighted by Crippen LogP contribution is -2.35. The van der Waals surface area contributed by atoms with E-state index in [-0.39, 0.29) is 18.6 Å². The molecule has 1 fully saturated rings. The van der Waals surface area contributed by atoms with E-state index < -0.39 is 0 Å². The molecule has 7 heteroatoms. The number of ether oxygens (including phenoxy) is 3. The van der Waals surface area contributed by atoms with E-state index in [1.54, 1.807) is 23.1 Å². The van der Waals surface area contributed by atoms with Crippen molar-refractivity contribution in [3.8, 4) is 11.5 Å². The highest BCUT2D eigenvalue weighted by atomic mass is 16.7. The van der Waals surface area contributed by atoms with Crippen LogP contribution in [-0.4, -0.2) is 42.3 Å². The fourth-order valence-electron chi connectivity index (χ4n) is 3.51. The Hall–Kier alpha value is -2.54. The summed E-state index contributed by atoms with van der Waals surface area (Å²) in [4.78, 5) is 19.3. The molecule has 0 bridgehead atoms. The van der Waals surface area contributed by atoms with Gasteiger partial charge in [-0.15, -0.1) is 0 Å². The molecule has 1 aromatic carbocycles. The van der Waals surface area contributed by atoms with E-state index in [1.165, 1.54) is 0 Å². The number of amides is 1. The molecule has 0 radical (unpaired) electrons. The van der Waals surface area contributed by atoms with Crippen molar-refractivity contribution in [1.29, 1.82) is 0 Å². The minimum absolute atomic E-state index is 0.0299. The third-order valence-corrected chi connectivity index (χ3v) is 4.93. The van der Waals surface area contributed by atoms with E-state index in [1.807, 2.05) is 0 Å². The summed E-state index contributed by atoms with van der Waals surface area (Å²) < 4.78 is 22.0. The fourth-order valence-corrected chi connectivity index (χ4v) is 3.51. The Morgan fingerprint density at radius 1 is 1.24 bits per heavy atom. The van der Waals surface area contributed by atoms with Crippen LogP contribution in [0.25, 0.3) is 0 Å². The van der Waals surface area contributed by atoms with Crippen LogP contribution < -0.4 is 9.47 Å². The van der Waals surface area contributed by atoms with Gasteiger partial charge in [0.1, 0.15) is 11.5 Å². The Kier molecular flexibility index (Phi) is 3.41. The molecule has 0 saturated carbocycles. The Balaban J connectivity index is 1.35. The molecule has 1 unspecified atom stereocenters. The number of nitrogens with zero attached hydrogens (tertiary/aromatic N) is 2. The molecule has 1 aromatic heterocycles. The van der Waals surface area contributed by atoms with Crippen LogP contribution in [0.15, 0.2) is 22.6 Å². The largest absolute Gasteiger partial charge is 0.454 e. The summed E-state index contributed by atoms with van der Waals surface area (Å²) in [5.41, 5.74) is 1.46. The normalized spacial score (nSPS) is 21.4. The van der Waals surface area contributed by atoms with Gasteiger partial charge in [-0.2, -0.15) is 0 Å². The number of benzene rings is 1. The summed E-state index contributed by atoms with van der Waals surface area (Å²) >= 11 is 0. The van der Waals surface area contributed by atoms with Crippen molar-refractivity contribution in [1.82, 2.24) is 9.88 Å². The van der Waals surface area contributed by atoms with Gasteiger partial charge in [-0.25, -0.2) is 4.98 Å². The lowest BCUT2D eigenvalue weighted by Gasteiger charge is -2.25. The quantitative estimate of drug-likeness (QED) is 0.832. The third kappa shape index (κ3) is 2.55. The highest BCUT2D eigenvalue weighted by molar-refractivity contribution is 5.95. The average molecular weight is 342 g/mol. The van der Waals surface area contributed by atoms with Crippen molar-refractivity contribution >= 4 is 5.91 Å². The molecule has 0 N–H and O–H groups in total. The first-order valence-corrected chi connectivity index (χ1v) is 8.53. The number of rotatable bonds is 2. The topological polar surface area (TPSA) is 74.0 Å². The van der Waals surface area contributed by atoms with Gasteiger partial charge < -0.3 is 23.5 Å². The van der Waals surface area contributed by atoms with Crippen molar-refractivity contribution in [3.63, 3.8) is 0 Å². The van der Waals surface area contributed by atoms with Crippen LogP contribution >= 0.6 is 0 Å². The van der Waals surface area contributed by atoms with Crippen molar-refractivity contribution in [2.24, 2.45) is 0 Å². The first-order chi connectivity index (χ1) is 12.3. The lowest BCUT2D eigenvalue weighted by molar-refractivity contribution is 0.0727. The Bertz CT molecular complexity index is 825. The number of aromatic nitrogens is 1. The van der Waals surface area contributed by atoms with Gasteiger partial charge in [0.2, 0.25) is 6.79 Å². The standard InChI is InChI=1S/C18H18N2O5/c21-18(11-1-2-15-16(7-11)24-10-23-15)20-5-3-14-13(8-20)19-17(25-14)12-4-6-22-9-12/h1-2,7,12H,3-6,8-10H2. The van der Waals surface area contributed by atoms with Crippen molar-refractivity contribution < 1.29 is 23.4 Å². The minimum Gasteiger partial charge on any atom is -0.454 e. The molecule has 1 atom stereocenters. The van der Waals surface area contributed by atoms with Gasteiger partial charge in [0.05, 0.1) is 19.1 Å². The van der Waals surface area contributed by atoms with Crippen molar-refractivity contribution in [2.45, 2.75) is 25.3 Å². The molecular formula is C18H18N2O5. The summed E-state index contributed by atoms with van der Waals surface area (Å²) in [6, 6.07) is 5.29. The summed E-state index contributed by atoms with van der Waals surface area (Å²) in [6.07, 6.45) is 1.63. The average Bonchev–Trinajstić information content (AvgIpc) is 3.39. The zero-order chi connectivity index (χ0) is 16.8. The van der Waals surface area contributed by atoms with E-state index in [2.05, 4.69) is 4.98 Å². The monoisotopic (exact) mass is 342 g/mol. The smallest absolute Gasteiger partial charge is 0.254 e. The Morgan fingerprint density at radius 2 is 2.16 bits per heavy atom. The SMILES string of the molecule is O=C(c1ccc2c(c1)OCO2)N1CCc2oc(C3CCOC3)nc2C1. The van der Waals surface area contributed by atoms with Gasteiger partial charge in [0.15, 0.2) is 17.4 Å². The van der Waals surface area contributed by atoms with E-state index in [0.29, 0.717) is 43.2 Å². The summed E-state index contributed by atoms with van der Waals surface area (Å²) in [7, 11) is 0.